The zero-order valence-corrected chi connectivity index (χ0v) is 18.3. The van der Waals surface area contributed by atoms with E-state index < -0.39 is 0 Å². The highest BCUT2D eigenvalue weighted by Crippen LogP contribution is 2.45. The SMILES string of the molecule is C.C.C.CC.CC.CC.CC[C@@H](C)[C@H]1C[C@@H](C)[C@@H](C)C[C@H]1[C@@H](C)CC. The molecule has 0 aromatic heterocycles. The Morgan fingerprint density at radius 3 is 0.960 bits per heavy atom. The molecule has 0 aromatic rings. The maximum Gasteiger partial charge on any atom is -0.0355 e. The monoisotopic (exact) mass is 362 g/mol. The van der Waals surface area contributed by atoms with E-state index >= 15 is 0 Å². The van der Waals surface area contributed by atoms with Gasteiger partial charge in [0, 0.05) is 0 Å². The third kappa shape index (κ3) is 14.8. The molecule has 0 N–H and O–H groups in total. The van der Waals surface area contributed by atoms with Gasteiger partial charge in [0.1, 0.15) is 0 Å². The van der Waals surface area contributed by atoms with Crippen molar-refractivity contribution in [2.24, 2.45) is 35.5 Å². The zero-order valence-electron chi connectivity index (χ0n) is 18.3. The molecular formula is C25H62. The lowest BCUT2D eigenvalue weighted by Crippen LogP contribution is -2.36. The quantitative estimate of drug-likeness (QED) is 0.466. The van der Waals surface area contributed by atoms with Crippen molar-refractivity contribution in [2.75, 3.05) is 0 Å². The summed E-state index contributed by atoms with van der Waals surface area (Å²) >= 11 is 0. The molecule has 0 unspecified atom stereocenters. The first kappa shape index (κ1) is 39.9. The van der Waals surface area contributed by atoms with Gasteiger partial charge in [-0.25, -0.2) is 0 Å². The molecule has 0 heteroatoms. The normalized spacial score (nSPS) is 25.9. The molecule has 0 amide bonds. The topological polar surface area (TPSA) is 0 Å². The summed E-state index contributed by atoms with van der Waals surface area (Å²) < 4.78 is 0. The van der Waals surface area contributed by atoms with Crippen LogP contribution in [0.2, 0.25) is 0 Å². The molecule has 0 bridgehead atoms. The fourth-order valence-corrected chi connectivity index (χ4v) is 3.59. The minimum Gasteiger partial charge on any atom is -0.0776 e. The van der Waals surface area contributed by atoms with Crippen molar-refractivity contribution in [1.82, 2.24) is 0 Å². The van der Waals surface area contributed by atoms with E-state index in [-0.39, 0.29) is 22.3 Å². The van der Waals surface area contributed by atoms with E-state index in [0.29, 0.717) is 0 Å². The molecule has 6 atom stereocenters. The molecule has 1 fully saturated rings. The van der Waals surface area contributed by atoms with Crippen LogP contribution in [0.15, 0.2) is 0 Å². The van der Waals surface area contributed by atoms with Crippen LogP contribution < -0.4 is 0 Å². The third-order valence-electron chi connectivity index (χ3n) is 5.56. The Hall–Kier alpha value is 0. The molecule has 1 rings (SSSR count). The van der Waals surface area contributed by atoms with Crippen molar-refractivity contribution in [3.8, 4) is 0 Å². The first-order valence-electron chi connectivity index (χ1n) is 10.5. The fourth-order valence-electron chi connectivity index (χ4n) is 3.59. The second-order valence-electron chi connectivity index (χ2n) is 6.52. The molecular weight excluding hydrogens is 300 g/mol. The van der Waals surface area contributed by atoms with Crippen LogP contribution in [0.5, 0.6) is 0 Å². The molecule has 25 heavy (non-hydrogen) atoms. The highest BCUT2D eigenvalue weighted by atomic mass is 14.4. The Balaban J connectivity index is -0.0000000906. The van der Waals surface area contributed by atoms with Gasteiger partial charge in [0.2, 0.25) is 0 Å². The number of rotatable bonds is 4. The van der Waals surface area contributed by atoms with Crippen molar-refractivity contribution in [3.05, 3.63) is 0 Å². The average Bonchev–Trinajstić information content (AvgIpc) is 2.60. The van der Waals surface area contributed by atoms with Gasteiger partial charge in [0.05, 0.1) is 0 Å². The highest BCUT2D eigenvalue weighted by Gasteiger charge is 2.37. The maximum atomic E-state index is 2.47. The van der Waals surface area contributed by atoms with Gasteiger partial charge in [-0.2, -0.15) is 0 Å². The molecule has 0 aromatic carbocycles. The Morgan fingerprint density at radius 2 is 0.800 bits per heavy atom. The summed E-state index contributed by atoms with van der Waals surface area (Å²) in [4.78, 5) is 0. The molecule has 1 aliphatic rings. The van der Waals surface area contributed by atoms with Crippen LogP contribution >= 0.6 is 0 Å². The third-order valence-corrected chi connectivity index (χ3v) is 5.56. The van der Waals surface area contributed by atoms with Crippen LogP contribution in [0.1, 0.15) is 131 Å². The van der Waals surface area contributed by atoms with Crippen LogP contribution in [0.3, 0.4) is 0 Å². The number of hydrogen-bond donors (Lipinski definition) is 0. The van der Waals surface area contributed by atoms with Crippen molar-refractivity contribution < 1.29 is 0 Å². The highest BCUT2D eigenvalue weighted by molar-refractivity contribution is 4.86. The van der Waals surface area contributed by atoms with E-state index in [0.717, 1.165) is 35.5 Å². The Bertz CT molecular complexity index is 174. The predicted molar refractivity (Wildman–Crippen MR) is 128 cm³/mol. The molecule has 0 spiro atoms. The maximum absolute atomic E-state index is 2.47. The Morgan fingerprint density at radius 1 is 0.600 bits per heavy atom. The van der Waals surface area contributed by atoms with E-state index in [4.69, 9.17) is 0 Å². The average molecular weight is 363 g/mol. The van der Waals surface area contributed by atoms with E-state index in [1.807, 2.05) is 41.5 Å². The fraction of sp³-hybridized carbons (Fsp3) is 1.00. The minimum atomic E-state index is 0. The summed E-state index contributed by atoms with van der Waals surface area (Å²) in [6.45, 7) is 26.6. The van der Waals surface area contributed by atoms with Gasteiger partial charge in [0.15, 0.2) is 0 Å². The molecule has 1 aliphatic carbocycles. The predicted octanol–water partition coefficient (Wildman–Crippen LogP) is 10.4. The smallest absolute Gasteiger partial charge is 0.0355 e. The van der Waals surface area contributed by atoms with Crippen LogP contribution in [0.25, 0.3) is 0 Å². The van der Waals surface area contributed by atoms with Gasteiger partial charge in [-0.1, -0.05) is 118 Å². The number of hydrogen-bond acceptors (Lipinski definition) is 0. The Kier molecular flexibility index (Phi) is 41.9. The minimum absolute atomic E-state index is 0. The second-order valence-corrected chi connectivity index (χ2v) is 6.52. The van der Waals surface area contributed by atoms with Gasteiger partial charge in [-0.05, 0) is 48.3 Å². The summed E-state index contributed by atoms with van der Waals surface area (Å²) in [6.07, 6.45) is 5.67. The zero-order chi connectivity index (χ0) is 18.3. The molecule has 0 nitrogen and oxygen atoms in total. The van der Waals surface area contributed by atoms with Gasteiger partial charge in [-0.15, -0.1) is 0 Å². The van der Waals surface area contributed by atoms with E-state index in [9.17, 15) is 0 Å². The van der Waals surface area contributed by atoms with Crippen LogP contribution in [0.4, 0.5) is 0 Å². The van der Waals surface area contributed by atoms with Crippen molar-refractivity contribution in [2.45, 2.75) is 131 Å². The molecule has 0 radical (unpaired) electrons. The summed E-state index contributed by atoms with van der Waals surface area (Å²) in [5, 5.41) is 0. The Labute approximate surface area is 167 Å². The largest absolute Gasteiger partial charge is 0.0776 e. The second kappa shape index (κ2) is 26.2. The van der Waals surface area contributed by atoms with Gasteiger partial charge in [0.25, 0.3) is 0 Å². The lowest BCUT2D eigenvalue weighted by molar-refractivity contribution is 0.0550. The van der Waals surface area contributed by atoms with Crippen LogP contribution in [0, 0.1) is 35.5 Å². The summed E-state index contributed by atoms with van der Waals surface area (Å²) in [5.41, 5.74) is 0. The van der Waals surface area contributed by atoms with E-state index in [1.165, 1.54) is 25.7 Å². The summed E-state index contributed by atoms with van der Waals surface area (Å²) in [5.74, 6) is 5.72. The van der Waals surface area contributed by atoms with Gasteiger partial charge in [-0.3, -0.25) is 0 Å². The van der Waals surface area contributed by atoms with Crippen molar-refractivity contribution >= 4 is 0 Å². The van der Waals surface area contributed by atoms with Crippen molar-refractivity contribution in [3.63, 3.8) is 0 Å². The van der Waals surface area contributed by atoms with Crippen LogP contribution in [-0.2, 0) is 0 Å². The van der Waals surface area contributed by atoms with Gasteiger partial charge < -0.3 is 0 Å². The standard InChI is InChI=1S/C16H32.3C2H6.3CH4/c1-7-11(3)15-9-13(5)14(6)10-16(15)12(4)8-2;3*1-2;;;/h11-16H,7-10H2,1-6H3;3*1-2H3;3*1H4/t11-,12+,13-,14+,15-,16+;;;;;;. The summed E-state index contributed by atoms with van der Waals surface area (Å²) in [7, 11) is 0. The lowest BCUT2D eigenvalue weighted by Gasteiger charge is -2.44. The first-order chi connectivity index (χ1) is 10.5. The molecule has 1 saturated carbocycles. The van der Waals surface area contributed by atoms with Crippen LogP contribution in [-0.4, -0.2) is 0 Å². The van der Waals surface area contributed by atoms with E-state index in [2.05, 4.69) is 41.5 Å². The van der Waals surface area contributed by atoms with Gasteiger partial charge >= 0.3 is 0 Å². The molecule has 162 valence electrons. The lowest BCUT2D eigenvalue weighted by atomic mass is 9.61. The molecule has 0 heterocycles. The van der Waals surface area contributed by atoms with Crippen molar-refractivity contribution in [1.29, 1.82) is 0 Å². The van der Waals surface area contributed by atoms with E-state index in [1.54, 1.807) is 0 Å². The molecule has 0 aliphatic heterocycles. The first-order valence-corrected chi connectivity index (χ1v) is 10.5. The molecule has 0 saturated heterocycles. The summed E-state index contributed by atoms with van der Waals surface area (Å²) in [6, 6.07) is 0.